The summed E-state index contributed by atoms with van der Waals surface area (Å²) in [4.78, 5) is 45.1. The predicted molar refractivity (Wildman–Crippen MR) is 148 cm³/mol. The van der Waals surface area contributed by atoms with Gasteiger partial charge in [0.1, 0.15) is 6.04 Å². The van der Waals surface area contributed by atoms with Crippen LogP contribution in [0, 0.1) is 11.8 Å². The number of hydrogen-bond acceptors (Lipinski definition) is 5. The molecule has 0 saturated heterocycles. The highest BCUT2D eigenvalue weighted by atomic mass is 16.2. The highest BCUT2D eigenvalue weighted by Crippen LogP contribution is 2.30. The second-order valence-corrected chi connectivity index (χ2v) is 10.1. The van der Waals surface area contributed by atoms with Crippen molar-refractivity contribution in [1.29, 1.82) is 0 Å². The van der Waals surface area contributed by atoms with Gasteiger partial charge in [-0.15, -0.1) is 0 Å². The molecule has 1 atom stereocenters. The number of hydrogen-bond donors (Lipinski definition) is 2. The van der Waals surface area contributed by atoms with Crippen LogP contribution in [-0.2, 0) is 14.4 Å². The van der Waals surface area contributed by atoms with Gasteiger partial charge < -0.3 is 25.8 Å². The minimum atomic E-state index is -0.878. The molecule has 0 spiro atoms. The lowest BCUT2D eigenvalue weighted by molar-refractivity contribution is -0.131. The average Bonchev–Trinajstić information content (AvgIpc) is 2.91. The molecule has 1 saturated carbocycles. The van der Waals surface area contributed by atoms with Gasteiger partial charge in [-0.05, 0) is 89.0 Å². The fourth-order valence-corrected chi connectivity index (χ4v) is 4.87. The van der Waals surface area contributed by atoms with Crippen molar-refractivity contribution in [2.24, 2.45) is 17.6 Å². The first-order chi connectivity index (χ1) is 17.7. The number of anilines is 2. The van der Waals surface area contributed by atoms with Gasteiger partial charge in [0.2, 0.25) is 11.8 Å². The molecule has 0 heterocycles. The van der Waals surface area contributed by atoms with E-state index in [2.05, 4.69) is 5.32 Å². The van der Waals surface area contributed by atoms with Crippen molar-refractivity contribution in [1.82, 2.24) is 10.2 Å². The van der Waals surface area contributed by atoms with Crippen LogP contribution in [-0.4, -0.2) is 63.4 Å². The zero-order valence-electron chi connectivity index (χ0n) is 22.5. The maximum absolute atomic E-state index is 14.0. The molecule has 0 unspecified atom stereocenters. The monoisotopic (exact) mass is 507 g/mol. The first kappa shape index (κ1) is 28.3. The van der Waals surface area contributed by atoms with Gasteiger partial charge in [-0.1, -0.05) is 30.3 Å². The Labute approximate surface area is 220 Å². The van der Waals surface area contributed by atoms with Gasteiger partial charge in [-0.25, -0.2) is 0 Å². The third kappa shape index (κ3) is 7.40. The Hall–Kier alpha value is -3.23. The van der Waals surface area contributed by atoms with E-state index in [0.717, 1.165) is 31.4 Å². The number of nitrogens with one attached hydrogen (secondary N) is 1. The SMILES string of the molecule is CCN(C(=O)[C@@H](NC(=O)[C@H]1CC[C@H](CN)CC1)c1cccc(N(C)C(=O)CN(C)C)c1)c1ccccc1. The highest BCUT2D eigenvalue weighted by Gasteiger charge is 2.32. The van der Waals surface area contributed by atoms with Crippen LogP contribution in [0.3, 0.4) is 0 Å². The van der Waals surface area contributed by atoms with Crippen molar-refractivity contribution in [3.05, 3.63) is 60.2 Å². The molecule has 8 nitrogen and oxygen atoms in total. The third-order valence-corrected chi connectivity index (χ3v) is 7.15. The fraction of sp³-hybridized carbons (Fsp3) is 0.483. The number of nitrogens with two attached hydrogens (primary N) is 1. The van der Waals surface area contributed by atoms with Crippen molar-refractivity contribution < 1.29 is 14.4 Å². The number of carbonyl (C=O) groups excluding carboxylic acids is 3. The van der Waals surface area contributed by atoms with E-state index < -0.39 is 6.04 Å². The third-order valence-electron chi connectivity index (χ3n) is 7.15. The Morgan fingerprint density at radius 1 is 0.946 bits per heavy atom. The van der Waals surface area contributed by atoms with Gasteiger partial charge in [0.15, 0.2) is 0 Å². The van der Waals surface area contributed by atoms with Gasteiger partial charge in [0.05, 0.1) is 6.54 Å². The predicted octanol–water partition coefficient (Wildman–Crippen LogP) is 3.19. The van der Waals surface area contributed by atoms with Gasteiger partial charge in [-0.2, -0.15) is 0 Å². The van der Waals surface area contributed by atoms with Crippen molar-refractivity contribution >= 4 is 29.1 Å². The van der Waals surface area contributed by atoms with Crippen LogP contribution in [0.2, 0.25) is 0 Å². The van der Waals surface area contributed by atoms with E-state index >= 15 is 0 Å². The molecule has 3 rings (SSSR count). The molecule has 37 heavy (non-hydrogen) atoms. The zero-order valence-corrected chi connectivity index (χ0v) is 22.5. The number of rotatable bonds is 10. The van der Waals surface area contributed by atoms with Gasteiger partial charge >= 0.3 is 0 Å². The maximum Gasteiger partial charge on any atom is 0.254 e. The molecule has 2 aromatic rings. The summed E-state index contributed by atoms with van der Waals surface area (Å²) in [6.45, 7) is 3.29. The smallest absolute Gasteiger partial charge is 0.254 e. The normalized spacial score (nSPS) is 18.2. The zero-order chi connectivity index (χ0) is 26.9. The molecule has 0 aliphatic heterocycles. The van der Waals surface area contributed by atoms with E-state index in [9.17, 15) is 14.4 Å². The number of amides is 3. The summed E-state index contributed by atoms with van der Waals surface area (Å²) in [6.07, 6.45) is 3.39. The Morgan fingerprint density at radius 2 is 1.59 bits per heavy atom. The summed E-state index contributed by atoms with van der Waals surface area (Å²) in [7, 11) is 5.41. The second-order valence-electron chi connectivity index (χ2n) is 10.1. The molecule has 8 heteroatoms. The molecule has 1 fully saturated rings. The highest BCUT2D eigenvalue weighted by molar-refractivity contribution is 6.00. The molecule has 3 amide bonds. The molecule has 0 aromatic heterocycles. The van der Waals surface area contributed by atoms with E-state index in [-0.39, 0.29) is 30.2 Å². The average molecular weight is 508 g/mol. The number of likely N-dealkylation sites (N-methyl/N-ethyl adjacent to an activating group) is 3. The first-order valence-corrected chi connectivity index (χ1v) is 13.1. The van der Waals surface area contributed by atoms with Gasteiger partial charge in [0, 0.05) is 30.9 Å². The summed E-state index contributed by atoms with van der Waals surface area (Å²) in [6, 6.07) is 15.9. The number of nitrogens with zero attached hydrogens (tertiary/aromatic N) is 3. The standard InChI is InChI=1S/C29H41N5O3/c1-5-34(24-11-7-6-8-12-24)29(37)27(31-28(36)22-16-14-21(19-30)15-17-22)23-10-9-13-25(18-23)33(4)26(35)20-32(2)3/h6-13,18,21-22,27H,5,14-17,19-20,30H2,1-4H3,(H,31,36)/t21-,22-,27-/m0/s1. The first-order valence-electron chi connectivity index (χ1n) is 13.1. The van der Waals surface area contributed by atoms with Crippen LogP contribution < -0.4 is 20.9 Å². The number of para-hydroxylation sites is 1. The minimum absolute atomic E-state index is 0.0646. The Morgan fingerprint density at radius 3 is 2.19 bits per heavy atom. The lowest BCUT2D eigenvalue weighted by Crippen LogP contribution is -2.45. The van der Waals surface area contributed by atoms with Crippen LogP contribution in [0.4, 0.5) is 11.4 Å². The molecular weight excluding hydrogens is 466 g/mol. The van der Waals surface area contributed by atoms with Crippen molar-refractivity contribution in [2.75, 3.05) is 50.6 Å². The van der Waals surface area contributed by atoms with E-state index in [1.807, 2.05) is 80.5 Å². The fourth-order valence-electron chi connectivity index (χ4n) is 4.87. The topological polar surface area (TPSA) is 99.0 Å². The summed E-state index contributed by atoms with van der Waals surface area (Å²) in [5, 5.41) is 3.07. The molecule has 0 bridgehead atoms. The van der Waals surface area contributed by atoms with Crippen LogP contribution >= 0.6 is 0 Å². The number of benzene rings is 2. The minimum Gasteiger partial charge on any atom is -0.340 e. The second kappa shape index (κ2) is 13.4. The maximum atomic E-state index is 14.0. The molecule has 3 N–H and O–H groups in total. The van der Waals surface area contributed by atoms with E-state index in [0.29, 0.717) is 30.3 Å². The summed E-state index contributed by atoms with van der Waals surface area (Å²) >= 11 is 0. The lowest BCUT2D eigenvalue weighted by Gasteiger charge is -2.31. The summed E-state index contributed by atoms with van der Waals surface area (Å²) in [5.41, 5.74) is 7.91. The Balaban J connectivity index is 1.91. The van der Waals surface area contributed by atoms with Crippen molar-refractivity contribution in [3.63, 3.8) is 0 Å². The van der Waals surface area contributed by atoms with Crippen LogP contribution in [0.15, 0.2) is 54.6 Å². The van der Waals surface area contributed by atoms with E-state index in [1.54, 1.807) is 16.8 Å². The Bertz CT molecular complexity index is 1050. The van der Waals surface area contributed by atoms with Crippen LogP contribution in [0.1, 0.15) is 44.2 Å². The molecule has 1 aliphatic rings. The van der Waals surface area contributed by atoms with Crippen LogP contribution in [0.25, 0.3) is 0 Å². The molecule has 1 aliphatic carbocycles. The van der Waals surface area contributed by atoms with Crippen molar-refractivity contribution in [2.45, 2.75) is 38.6 Å². The molecule has 200 valence electrons. The quantitative estimate of drug-likeness (QED) is 0.515. The lowest BCUT2D eigenvalue weighted by atomic mass is 9.81. The molecule has 0 radical (unpaired) electrons. The number of carbonyl (C=O) groups is 3. The molecular formula is C29H41N5O3. The van der Waals surface area contributed by atoms with Gasteiger partial charge in [0.25, 0.3) is 5.91 Å². The van der Waals surface area contributed by atoms with E-state index in [1.165, 1.54) is 0 Å². The van der Waals surface area contributed by atoms with Crippen molar-refractivity contribution in [3.8, 4) is 0 Å². The van der Waals surface area contributed by atoms with E-state index in [4.69, 9.17) is 5.73 Å². The largest absolute Gasteiger partial charge is 0.340 e. The summed E-state index contributed by atoms with van der Waals surface area (Å²) < 4.78 is 0. The molecule has 2 aromatic carbocycles. The summed E-state index contributed by atoms with van der Waals surface area (Å²) in [5.74, 6) is -0.0674. The van der Waals surface area contributed by atoms with Crippen LogP contribution in [0.5, 0.6) is 0 Å². The Kier molecular flexibility index (Phi) is 10.2. The van der Waals surface area contributed by atoms with Gasteiger partial charge in [-0.3, -0.25) is 14.4 Å².